The molecule has 7 nitrogen and oxygen atoms in total. The van der Waals surface area contributed by atoms with Crippen molar-refractivity contribution in [2.75, 3.05) is 26.4 Å². The summed E-state index contributed by atoms with van der Waals surface area (Å²) in [5.74, 6) is 1.06. The van der Waals surface area contributed by atoms with Crippen molar-refractivity contribution in [1.82, 2.24) is 5.32 Å². The summed E-state index contributed by atoms with van der Waals surface area (Å²) in [4.78, 5) is 21.1. The number of nitrogens with one attached hydrogen (secondary N) is 1. The fraction of sp³-hybridized carbons (Fsp3) is 0.556. The summed E-state index contributed by atoms with van der Waals surface area (Å²) in [5.41, 5.74) is 5.16. The lowest BCUT2D eigenvalue weighted by atomic mass is 10.3. The average Bonchev–Trinajstić information content (AvgIpc) is 2.25. The summed E-state index contributed by atoms with van der Waals surface area (Å²) in [5, 5.41) is 10.7. The quantitative estimate of drug-likeness (QED) is 0.373. The Morgan fingerprint density at radius 2 is 2.19 bits per heavy atom. The van der Waals surface area contributed by atoms with E-state index in [1.165, 1.54) is 0 Å². The lowest BCUT2D eigenvalue weighted by Gasteiger charge is -2.08. The molecule has 0 aromatic heterocycles. The third-order valence-corrected chi connectivity index (χ3v) is 1.41. The first-order valence-electron chi connectivity index (χ1n) is 4.48. The van der Waals surface area contributed by atoms with Gasteiger partial charge in [0, 0.05) is 0 Å². The fourth-order valence-corrected chi connectivity index (χ4v) is 0.649. The minimum absolute atomic E-state index is 0.00272. The number of rotatable bonds is 7. The van der Waals surface area contributed by atoms with Gasteiger partial charge >= 0.3 is 12.1 Å². The van der Waals surface area contributed by atoms with Gasteiger partial charge in [0.05, 0.1) is 19.8 Å². The number of carbonyl (C=O) groups is 2. The third kappa shape index (κ3) is 7.61. The second kappa shape index (κ2) is 8.52. The maximum Gasteiger partial charge on any atom is 0.407 e. The molecule has 0 fully saturated rings. The summed E-state index contributed by atoms with van der Waals surface area (Å²) in [7, 11) is 0. The lowest BCUT2D eigenvalue weighted by Crippen LogP contribution is -2.35. The summed E-state index contributed by atoms with van der Waals surface area (Å²) >= 11 is 0. The lowest BCUT2D eigenvalue weighted by molar-refractivity contribution is -0.140. The van der Waals surface area contributed by atoms with Crippen LogP contribution in [0.2, 0.25) is 0 Å². The Morgan fingerprint density at radius 3 is 2.75 bits per heavy atom. The van der Waals surface area contributed by atoms with E-state index in [0.29, 0.717) is 0 Å². The van der Waals surface area contributed by atoms with Crippen molar-refractivity contribution in [3.05, 3.63) is 0 Å². The number of hydrogen-bond donors (Lipinski definition) is 3. The number of carboxylic acid groups (broad SMARTS) is 1. The van der Waals surface area contributed by atoms with Gasteiger partial charge in [-0.15, -0.1) is 6.42 Å². The molecule has 0 unspecified atom stereocenters. The maximum absolute atomic E-state index is 10.8. The molecule has 0 spiro atoms. The molecule has 16 heavy (non-hydrogen) atoms. The molecule has 0 aliphatic rings. The van der Waals surface area contributed by atoms with Crippen molar-refractivity contribution >= 4 is 12.1 Å². The molecular formula is C9H14N2O5. The van der Waals surface area contributed by atoms with Gasteiger partial charge < -0.3 is 25.6 Å². The van der Waals surface area contributed by atoms with E-state index in [0.717, 1.165) is 0 Å². The Morgan fingerprint density at radius 1 is 1.50 bits per heavy atom. The number of nitrogens with two attached hydrogens (primary N) is 1. The van der Waals surface area contributed by atoms with Gasteiger partial charge in [-0.3, -0.25) is 4.79 Å². The number of aliphatic carboxylic acids is 1. The number of amides is 1. The molecule has 0 aromatic rings. The van der Waals surface area contributed by atoms with Crippen molar-refractivity contribution in [2.24, 2.45) is 5.73 Å². The van der Waals surface area contributed by atoms with Crippen molar-refractivity contribution in [1.29, 1.82) is 0 Å². The van der Waals surface area contributed by atoms with Crippen molar-refractivity contribution in [3.63, 3.8) is 0 Å². The monoisotopic (exact) mass is 230 g/mol. The molecule has 90 valence electrons. The Hall–Kier alpha value is -1.78. The van der Waals surface area contributed by atoms with Gasteiger partial charge in [-0.1, -0.05) is 5.92 Å². The molecule has 0 aromatic carbocycles. The van der Waals surface area contributed by atoms with Crippen LogP contribution in [0.15, 0.2) is 0 Å². The van der Waals surface area contributed by atoms with Crippen molar-refractivity contribution in [2.45, 2.75) is 6.04 Å². The van der Waals surface area contributed by atoms with Gasteiger partial charge in [-0.25, -0.2) is 4.79 Å². The van der Waals surface area contributed by atoms with Crippen LogP contribution in [0.25, 0.3) is 0 Å². The predicted octanol–water partition coefficient (Wildman–Crippen LogP) is -1.23. The number of terminal acetylenes is 1. The molecule has 1 amide bonds. The molecule has 0 radical (unpaired) electrons. The van der Waals surface area contributed by atoms with Crippen molar-refractivity contribution < 1.29 is 24.2 Å². The smallest absolute Gasteiger partial charge is 0.407 e. The number of hydrogen-bond acceptors (Lipinski definition) is 5. The summed E-state index contributed by atoms with van der Waals surface area (Å²) in [6.45, 7) is 0.0292. The molecular weight excluding hydrogens is 216 g/mol. The third-order valence-electron chi connectivity index (χ3n) is 1.41. The molecule has 0 saturated carbocycles. The van der Waals surface area contributed by atoms with Gasteiger partial charge in [0.25, 0.3) is 0 Å². The van der Waals surface area contributed by atoms with Crippen LogP contribution in [0.5, 0.6) is 0 Å². The first-order chi connectivity index (χ1) is 7.57. The topological polar surface area (TPSA) is 111 Å². The first kappa shape index (κ1) is 14.2. The average molecular weight is 230 g/mol. The molecule has 0 rings (SSSR count). The highest BCUT2D eigenvalue weighted by Gasteiger charge is 2.10. The molecule has 4 N–H and O–H groups in total. The van der Waals surface area contributed by atoms with Gasteiger partial charge in [-0.2, -0.15) is 0 Å². The second-order valence-electron chi connectivity index (χ2n) is 2.71. The normalized spacial score (nSPS) is 11.2. The van der Waals surface area contributed by atoms with E-state index in [4.69, 9.17) is 22.0 Å². The minimum Gasteiger partial charge on any atom is -0.480 e. The standard InChI is InChI=1S/C9H14N2O5/c1-2-3-11-9(14)16-5-4-15-6-7(10)8(12)13/h1,7H,3-6,10H2,(H,11,14)(H,12,13)/t7-/m0/s1. The Kier molecular flexibility index (Phi) is 7.57. The SMILES string of the molecule is C#CCNC(=O)OCCOC[C@H](N)C(=O)O. The van der Waals surface area contributed by atoms with Crippen LogP contribution in [0.1, 0.15) is 0 Å². The zero-order chi connectivity index (χ0) is 12.4. The van der Waals surface area contributed by atoms with Crippen LogP contribution < -0.4 is 11.1 Å². The second-order valence-corrected chi connectivity index (χ2v) is 2.71. The largest absolute Gasteiger partial charge is 0.480 e. The fourth-order valence-electron chi connectivity index (χ4n) is 0.649. The number of carboxylic acids is 1. The van der Waals surface area contributed by atoms with E-state index < -0.39 is 18.1 Å². The highest BCUT2D eigenvalue weighted by atomic mass is 16.6. The zero-order valence-electron chi connectivity index (χ0n) is 8.64. The van der Waals surface area contributed by atoms with E-state index in [1.54, 1.807) is 0 Å². The van der Waals surface area contributed by atoms with Crippen LogP contribution in [-0.4, -0.2) is 49.6 Å². The summed E-state index contributed by atoms with van der Waals surface area (Å²) in [6.07, 6.45) is 4.25. The van der Waals surface area contributed by atoms with Crippen LogP contribution in [0.4, 0.5) is 4.79 Å². The Bertz CT molecular complexity index is 274. The van der Waals surface area contributed by atoms with Gasteiger partial charge in [0.2, 0.25) is 0 Å². The Balaban J connectivity index is 3.37. The molecule has 0 heterocycles. The van der Waals surface area contributed by atoms with E-state index in [-0.39, 0.29) is 26.4 Å². The highest BCUT2D eigenvalue weighted by molar-refractivity contribution is 5.73. The number of alkyl carbamates (subject to hydrolysis) is 1. The summed E-state index contributed by atoms with van der Waals surface area (Å²) in [6, 6.07) is -1.07. The van der Waals surface area contributed by atoms with Crippen LogP contribution in [0, 0.1) is 12.3 Å². The number of ether oxygens (including phenoxy) is 2. The van der Waals surface area contributed by atoms with E-state index in [9.17, 15) is 9.59 Å². The molecule has 0 bridgehead atoms. The molecule has 0 aliphatic heterocycles. The van der Waals surface area contributed by atoms with E-state index >= 15 is 0 Å². The Labute approximate surface area is 92.9 Å². The number of carbonyl (C=O) groups excluding carboxylic acids is 1. The zero-order valence-corrected chi connectivity index (χ0v) is 8.64. The van der Waals surface area contributed by atoms with Crippen LogP contribution >= 0.6 is 0 Å². The van der Waals surface area contributed by atoms with Crippen LogP contribution in [-0.2, 0) is 14.3 Å². The van der Waals surface area contributed by atoms with E-state index in [2.05, 4.69) is 16.0 Å². The summed E-state index contributed by atoms with van der Waals surface area (Å²) < 4.78 is 9.49. The molecule has 0 saturated heterocycles. The molecule has 0 aliphatic carbocycles. The van der Waals surface area contributed by atoms with Gasteiger partial charge in [-0.05, 0) is 0 Å². The van der Waals surface area contributed by atoms with Gasteiger partial charge in [0.15, 0.2) is 0 Å². The van der Waals surface area contributed by atoms with Crippen molar-refractivity contribution in [3.8, 4) is 12.3 Å². The minimum atomic E-state index is -1.15. The van der Waals surface area contributed by atoms with E-state index in [1.807, 2.05) is 0 Å². The molecule has 1 atom stereocenters. The van der Waals surface area contributed by atoms with Crippen LogP contribution in [0.3, 0.4) is 0 Å². The predicted molar refractivity (Wildman–Crippen MR) is 54.6 cm³/mol. The molecule has 7 heteroatoms. The highest BCUT2D eigenvalue weighted by Crippen LogP contribution is 1.84. The van der Waals surface area contributed by atoms with Gasteiger partial charge in [0.1, 0.15) is 12.6 Å². The maximum atomic E-state index is 10.8. The first-order valence-corrected chi connectivity index (χ1v) is 4.48.